The first kappa shape index (κ1) is 18.2. The number of Topliss-reactive ketones (excluding diaryl/α,β-unsaturated/α-hetero) is 1. The van der Waals surface area contributed by atoms with Gasteiger partial charge in [0.05, 0.1) is 17.7 Å². The van der Waals surface area contributed by atoms with Crippen LogP contribution in [0.4, 0.5) is 5.13 Å². The van der Waals surface area contributed by atoms with Gasteiger partial charge >= 0.3 is 0 Å². The van der Waals surface area contributed by atoms with Crippen molar-refractivity contribution in [1.82, 2.24) is 4.98 Å². The number of hydrogen-bond donors (Lipinski definition) is 5. The second-order valence-electron chi connectivity index (χ2n) is 6.50. The van der Waals surface area contributed by atoms with Crippen LogP contribution < -0.4 is 5.32 Å². The quantitative estimate of drug-likeness (QED) is 0.465. The highest BCUT2D eigenvalue weighted by Crippen LogP contribution is 2.29. The minimum absolute atomic E-state index is 0.0585. The second-order valence-corrected chi connectivity index (χ2v) is 7.53. The summed E-state index contributed by atoms with van der Waals surface area (Å²) in [5, 5.41) is 41.7. The molecule has 9 heteroatoms. The Labute approximate surface area is 137 Å². The van der Waals surface area contributed by atoms with Crippen LogP contribution in [-0.4, -0.2) is 68.4 Å². The van der Waals surface area contributed by atoms with Crippen molar-refractivity contribution in [2.24, 2.45) is 5.41 Å². The molecule has 5 atom stereocenters. The van der Waals surface area contributed by atoms with Gasteiger partial charge < -0.3 is 30.5 Å². The zero-order valence-corrected chi connectivity index (χ0v) is 13.9. The molecule has 23 heavy (non-hydrogen) atoms. The van der Waals surface area contributed by atoms with Gasteiger partial charge in [-0.3, -0.25) is 4.79 Å². The third-order valence-electron chi connectivity index (χ3n) is 3.57. The van der Waals surface area contributed by atoms with Gasteiger partial charge in [-0.25, -0.2) is 4.98 Å². The van der Waals surface area contributed by atoms with E-state index in [2.05, 4.69) is 10.3 Å². The number of anilines is 1. The molecule has 1 aromatic heterocycles. The van der Waals surface area contributed by atoms with Crippen LogP contribution in [-0.2, 0) is 4.74 Å². The summed E-state index contributed by atoms with van der Waals surface area (Å²) in [6, 6.07) is 0. The summed E-state index contributed by atoms with van der Waals surface area (Å²) in [6.45, 7) is 4.91. The average Bonchev–Trinajstić information content (AvgIpc) is 2.94. The van der Waals surface area contributed by atoms with E-state index in [1.54, 1.807) is 20.8 Å². The molecule has 1 aliphatic rings. The number of nitrogens with one attached hydrogen (secondary N) is 1. The molecule has 0 radical (unpaired) electrons. The number of carbonyl (C=O) groups is 1. The first-order valence-corrected chi connectivity index (χ1v) is 8.04. The van der Waals surface area contributed by atoms with E-state index in [9.17, 15) is 20.1 Å². The zero-order chi connectivity index (χ0) is 17.4. The Balaban J connectivity index is 2.10. The topological polar surface area (TPSA) is 132 Å². The molecule has 130 valence electrons. The number of aliphatic hydroxyl groups excluding tert-OH is 4. The predicted molar refractivity (Wildman–Crippen MR) is 83.3 cm³/mol. The predicted octanol–water partition coefficient (Wildman–Crippen LogP) is -0.416. The number of hydrogen-bond acceptors (Lipinski definition) is 9. The largest absolute Gasteiger partial charge is 0.394 e. The maximum atomic E-state index is 12.2. The summed E-state index contributed by atoms with van der Waals surface area (Å²) in [4.78, 5) is 16.7. The van der Waals surface area contributed by atoms with Gasteiger partial charge in [-0.2, -0.15) is 0 Å². The number of aliphatic hydroxyl groups is 4. The van der Waals surface area contributed by atoms with Crippen LogP contribution in [0.3, 0.4) is 0 Å². The lowest BCUT2D eigenvalue weighted by Crippen LogP contribution is -2.60. The van der Waals surface area contributed by atoms with E-state index in [1.165, 1.54) is 6.20 Å². The molecule has 2 heterocycles. The van der Waals surface area contributed by atoms with Gasteiger partial charge in [0.2, 0.25) is 0 Å². The van der Waals surface area contributed by atoms with Crippen molar-refractivity contribution in [3.05, 3.63) is 11.1 Å². The van der Waals surface area contributed by atoms with Crippen molar-refractivity contribution < 1.29 is 30.0 Å². The first-order chi connectivity index (χ1) is 10.6. The fourth-order valence-electron chi connectivity index (χ4n) is 2.16. The Morgan fingerprint density at radius 2 is 1.96 bits per heavy atom. The average molecular weight is 346 g/mol. The summed E-state index contributed by atoms with van der Waals surface area (Å²) in [6.07, 6.45) is -4.91. The maximum absolute atomic E-state index is 12.2. The minimum atomic E-state index is -1.46. The Morgan fingerprint density at radius 3 is 2.52 bits per heavy atom. The molecule has 8 nitrogen and oxygen atoms in total. The molecule has 1 aliphatic heterocycles. The van der Waals surface area contributed by atoms with Crippen LogP contribution in [0.25, 0.3) is 0 Å². The molecule has 1 aromatic rings. The van der Waals surface area contributed by atoms with Crippen LogP contribution in [0.15, 0.2) is 6.20 Å². The number of ketones is 1. The highest BCUT2D eigenvalue weighted by atomic mass is 32.1. The molecule has 5 N–H and O–H groups in total. The van der Waals surface area contributed by atoms with Gasteiger partial charge in [-0.15, -0.1) is 0 Å². The van der Waals surface area contributed by atoms with Crippen molar-refractivity contribution in [2.45, 2.75) is 51.4 Å². The molecule has 0 spiro atoms. The third kappa shape index (κ3) is 3.87. The van der Waals surface area contributed by atoms with Gasteiger partial charge in [0.1, 0.15) is 24.4 Å². The van der Waals surface area contributed by atoms with Crippen LogP contribution in [0, 0.1) is 5.41 Å². The standard InChI is InChI=1S/C14H22N2O6S/c1-14(2,3)11(21)7-4-15-13(23-7)16-12-10(20)9(19)8(18)6(5-17)22-12/h4,6,8-10,12,17-20H,5H2,1-3H3,(H,15,16)/t6-,8-,9+,10+,12+/m1/s1. The van der Waals surface area contributed by atoms with E-state index < -0.39 is 42.7 Å². The molecular formula is C14H22N2O6S. The number of rotatable bonds is 4. The number of ether oxygens (including phenoxy) is 1. The van der Waals surface area contributed by atoms with Crippen LogP contribution in [0.1, 0.15) is 30.4 Å². The third-order valence-corrected chi connectivity index (χ3v) is 4.50. The summed E-state index contributed by atoms with van der Waals surface area (Å²) >= 11 is 1.10. The number of thiazole rings is 1. The molecule has 0 saturated carbocycles. The summed E-state index contributed by atoms with van der Waals surface area (Å²) in [7, 11) is 0. The monoisotopic (exact) mass is 346 g/mol. The van der Waals surface area contributed by atoms with Crippen LogP contribution in [0.2, 0.25) is 0 Å². The fraction of sp³-hybridized carbons (Fsp3) is 0.714. The van der Waals surface area contributed by atoms with Crippen molar-refractivity contribution in [3.8, 4) is 0 Å². The number of carbonyl (C=O) groups excluding carboxylic acids is 1. The van der Waals surface area contributed by atoms with E-state index in [1.807, 2.05) is 0 Å². The van der Waals surface area contributed by atoms with E-state index in [0.717, 1.165) is 11.3 Å². The number of aromatic nitrogens is 1. The molecule has 0 amide bonds. The SMILES string of the molecule is CC(C)(C)C(=O)c1cnc(N[C@H]2O[C@H](CO)[C@@H](O)[C@H](O)[C@@H]2O)s1. The van der Waals surface area contributed by atoms with Crippen molar-refractivity contribution in [1.29, 1.82) is 0 Å². The first-order valence-electron chi connectivity index (χ1n) is 7.23. The second kappa shape index (κ2) is 6.80. The Hall–Kier alpha value is -1.10. The lowest BCUT2D eigenvalue weighted by Gasteiger charge is -2.40. The van der Waals surface area contributed by atoms with Gasteiger partial charge in [-0.1, -0.05) is 32.1 Å². The number of nitrogens with zero attached hydrogens (tertiary/aromatic N) is 1. The lowest BCUT2D eigenvalue weighted by molar-refractivity contribution is -0.221. The Bertz CT molecular complexity index is 556. The molecule has 0 aliphatic carbocycles. The lowest BCUT2D eigenvalue weighted by atomic mass is 9.90. The van der Waals surface area contributed by atoms with E-state index in [0.29, 0.717) is 10.0 Å². The van der Waals surface area contributed by atoms with E-state index in [4.69, 9.17) is 9.84 Å². The van der Waals surface area contributed by atoms with Crippen LogP contribution >= 0.6 is 11.3 Å². The molecule has 2 rings (SSSR count). The minimum Gasteiger partial charge on any atom is -0.394 e. The van der Waals surface area contributed by atoms with Crippen molar-refractivity contribution in [2.75, 3.05) is 11.9 Å². The zero-order valence-electron chi connectivity index (χ0n) is 13.1. The molecular weight excluding hydrogens is 324 g/mol. The van der Waals surface area contributed by atoms with Crippen LogP contribution in [0.5, 0.6) is 0 Å². The van der Waals surface area contributed by atoms with Gasteiger partial charge in [0, 0.05) is 5.41 Å². The smallest absolute Gasteiger partial charge is 0.185 e. The normalized spacial score (nSPS) is 31.9. The molecule has 1 fully saturated rings. The Morgan fingerprint density at radius 1 is 1.30 bits per heavy atom. The van der Waals surface area contributed by atoms with Crippen molar-refractivity contribution in [3.63, 3.8) is 0 Å². The highest BCUT2D eigenvalue weighted by Gasteiger charge is 2.43. The molecule has 0 bridgehead atoms. The van der Waals surface area contributed by atoms with E-state index in [-0.39, 0.29) is 5.78 Å². The maximum Gasteiger partial charge on any atom is 0.185 e. The van der Waals surface area contributed by atoms with Gasteiger partial charge in [0.25, 0.3) is 0 Å². The summed E-state index contributed by atoms with van der Waals surface area (Å²) < 4.78 is 5.33. The molecule has 0 unspecified atom stereocenters. The molecule has 1 saturated heterocycles. The summed E-state index contributed by atoms with van der Waals surface area (Å²) in [5.74, 6) is -0.0585. The molecule has 0 aromatic carbocycles. The summed E-state index contributed by atoms with van der Waals surface area (Å²) in [5.41, 5.74) is -0.535. The van der Waals surface area contributed by atoms with Gasteiger partial charge in [-0.05, 0) is 0 Å². The van der Waals surface area contributed by atoms with E-state index >= 15 is 0 Å². The van der Waals surface area contributed by atoms with Gasteiger partial charge in [0.15, 0.2) is 17.1 Å². The Kier molecular flexibility index (Phi) is 5.39. The van der Waals surface area contributed by atoms with Crippen molar-refractivity contribution >= 4 is 22.3 Å². The highest BCUT2D eigenvalue weighted by molar-refractivity contribution is 7.17. The fourth-order valence-corrected chi connectivity index (χ4v) is 3.15.